The zero-order chi connectivity index (χ0) is 20.8. The van der Waals surface area contributed by atoms with E-state index in [4.69, 9.17) is 16.3 Å². The van der Waals surface area contributed by atoms with Gasteiger partial charge in [0.15, 0.2) is 0 Å². The van der Waals surface area contributed by atoms with Gasteiger partial charge in [0, 0.05) is 29.4 Å². The van der Waals surface area contributed by atoms with E-state index in [0.29, 0.717) is 11.8 Å². The topological polar surface area (TPSA) is 24.5 Å². The van der Waals surface area contributed by atoms with Crippen LogP contribution in [0.2, 0.25) is 5.02 Å². The third-order valence-electron chi connectivity index (χ3n) is 6.02. The fourth-order valence-electron chi connectivity index (χ4n) is 4.39. The Morgan fingerprint density at radius 1 is 0.900 bits per heavy atom. The second-order valence-electron chi connectivity index (χ2n) is 8.04. The highest BCUT2D eigenvalue weighted by Gasteiger charge is 2.29. The highest BCUT2D eigenvalue weighted by atomic mass is 35.5. The van der Waals surface area contributed by atoms with Crippen LogP contribution in [0, 0.1) is 11.8 Å². The van der Waals surface area contributed by atoms with Gasteiger partial charge < -0.3 is 15.0 Å². The van der Waals surface area contributed by atoms with Crippen molar-refractivity contribution in [2.45, 2.75) is 13.0 Å². The van der Waals surface area contributed by atoms with Crippen molar-refractivity contribution in [3.8, 4) is 5.75 Å². The standard InChI is InChI=1S/C26H29ClN2O/c1-30-26-10-6-5-9-21(26)18-29(25-13-11-24(27)12-14-25)19-23-17-28-16-22(23)15-20-7-3-2-4-8-20/h2-14,22-23,28H,15-19H2,1H3. The van der Waals surface area contributed by atoms with Crippen molar-refractivity contribution in [2.24, 2.45) is 11.8 Å². The third-order valence-corrected chi connectivity index (χ3v) is 6.27. The van der Waals surface area contributed by atoms with Crippen LogP contribution in [0.1, 0.15) is 11.1 Å². The fourth-order valence-corrected chi connectivity index (χ4v) is 4.52. The molecule has 0 radical (unpaired) electrons. The molecule has 1 saturated heterocycles. The Morgan fingerprint density at radius 3 is 2.37 bits per heavy atom. The SMILES string of the molecule is COc1ccccc1CN(CC1CNCC1Cc1ccccc1)c1ccc(Cl)cc1. The quantitative estimate of drug-likeness (QED) is 0.525. The van der Waals surface area contributed by atoms with Gasteiger partial charge in [0.1, 0.15) is 5.75 Å². The molecule has 1 heterocycles. The number of nitrogens with zero attached hydrogens (tertiary/aromatic N) is 1. The third kappa shape index (κ3) is 5.16. The normalized spacial score (nSPS) is 18.3. The Balaban J connectivity index is 1.55. The fraction of sp³-hybridized carbons (Fsp3) is 0.308. The number of anilines is 1. The van der Waals surface area contributed by atoms with Gasteiger partial charge in [-0.1, -0.05) is 60.1 Å². The predicted octanol–water partition coefficient (Wildman–Crippen LogP) is 5.43. The van der Waals surface area contributed by atoms with E-state index in [9.17, 15) is 0 Å². The number of para-hydroxylation sites is 1. The molecule has 0 aromatic heterocycles. The Labute approximate surface area is 184 Å². The molecule has 0 aliphatic carbocycles. The van der Waals surface area contributed by atoms with E-state index >= 15 is 0 Å². The van der Waals surface area contributed by atoms with Crippen molar-refractivity contribution in [1.82, 2.24) is 5.32 Å². The molecule has 156 valence electrons. The smallest absolute Gasteiger partial charge is 0.123 e. The number of ether oxygens (including phenoxy) is 1. The number of benzene rings is 3. The summed E-state index contributed by atoms with van der Waals surface area (Å²) in [6, 6.07) is 27.3. The van der Waals surface area contributed by atoms with Crippen LogP contribution < -0.4 is 15.0 Å². The number of hydrogen-bond donors (Lipinski definition) is 1. The Bertz CT molecular complexity index is 929. The number of methoxy groups -OCH3 is 1. The molecule has 3 aromatic rings. The molecule has 30 heavy (non-hydrogen) atoms. The molecule has 0 amide bonds. The van der Waals surface area contributed by atoms with E-state index in [1.165, 1.54) is 16.8 Å². The van der Waals surface area contributed by atoms with Gasteiger partial charge in [-0.15, -0.1) is 0 Å². The summed E-state index contributed by atoms with van der Waals surface area (Å²) < 4.78 is 5.61. The van der Waals surface area contributed by atoms with Crippen LogP contribution in [0.15, 0.2) is 78.9 Å². The van der Waals surface area contributed by atoms with Crippen LogP contribution in [-0.4, -0.2) is 26.7 Å². The highest BCUT2D eigenvalue weighted by molar-refractivity contribution is 6.30. The molecular weight excluding hydrogens is 392 g/mol. The first-order valence-corrected chi connectivity index (χ1v) is 11.0. The molecule has 1 N–H and O–H groups in total. The van der Waals surface area contributed by atoms with Crippen LogP contribution >= 0.6 is 11.6 Å². The zero-order valence-electron chi connectivity index (χ0n) is 17.4. The lowest BCUT2D eigenvalue weighted by atomic mass is 9.89. The van der Waals surface area contributed by atoms with E-state index < -0.39 is 0 Å². The molecule has 4 rings (SSSR count). The summed E-state index contributed by atoms with van der Waals surface area (Å²) in [5.74, 6) is 2.14. The lowest BCUT2D eigenvalue weighted by Gasteiger charge is -2.31. The van der Waals surface area contributed by atoms with Gasteiger partial charge in [-0.3, -0.25) is 0 Å². The van der Waals surface area contributed by atoms with E-state index in [1.807, 2.05) is 24.3 Å². The van der Waals surface area contributed by atoms with Crippen molar-refractivity contribution in [3.05, 3.63) is 95.0 Å². The molecule has 0 bridgehead atoms. The van der Waals surface area contributed by atoms with E-state index in [2.05, 4.69) is 64.8 Å². The predicted molar refractivity (Wildman–Crippen MR) is 125 cm³/mol. The van der Waals surface area contributed by atoms with Crippen LogP contribution in [0.3, 0.4) is 0 Å². The molecular formula is C26H29ClN2O. The summed E-state index contributed by atoms with van der Waals surface area (Å²) in [6.07, 6.45) is 1.11. The van der Waals surface area contributed by atoms with Crippen molar-refractivity contribution in [1.29, 1.82) is 0 Å². The minimum atomic E-state index is 0.579. The van der Waals surface area contributed by atoms with Gasteiger partial charge in [-0.25, -0.2) is 0 Å². The Morgan fingerprint density at radius 2 is 1.60 bits per heavy atom. The lowest BCUT2D eigenvalue weighted by molar-refractivity contribution is 0.401. The van der Waals surface area contributed by atoms with Crippen molar-refractivity contribution in [3.63, 3.8) is 0 Å². The number of hydrogen-bond acceptors (Lipinski definition) is 3. The van der Waals surface area contributed by atoms with Gasteiger partial charge in [0.25, 0.3) is 0 Å². The van der Waals surface area contributed by atoms with Gasteiger partial charge >= 0.3 is 0 Å². The summed E-state index contributed by atoms with van der Waals surface area (Å²) in [4.78, 5) is 2.46. The van der Waals surface area contributed by atoms with E-state index in [0.717, 1.165) is 43.4 Å². The molecule has 4 heteroatoms. The van der Waals surface area contributed by atoms with Gasteiger partial charge in [-0.05, 0) is 67.2 Å². The van der Waals surface area contributed by atoms with Crippen molar-refractivity contribution in [2.75, 3.05) is 31.6 Å². The summed E-state index contributed by atoms with van der Waals surface area (Å²) in [5.41, 5.74) is 3.80. The van der Waals surface area contributed by atoms with Gasteiger partial charge in [0.05, 0.1) is 7.11 Å². The molecule has 0 spiro atoms. The van der Waals surface area contributed by atoms with Crippen LogP contribution in [0.25, 0.3) is 0 Å². The van der Waals surface area contributed by atoms with Crippen LogP contribution in [0.4, 0.5) is 5.69 Å². The number of nitrogens with one attached hydrogen (secondary N) is 1. The molecule has 1 aliphatic rings. The van der Waals surface area contributed by atoms with Crippen molar-refractivity contribution < 1.29 is 4.74 Å². The number of halogens is 1. The maximum atomic E-state index is 6.16. The van der Waals surface area contributed by atoms with E-state index in [1.54, 1.807) is 7.11 Å². The Kier molecular flexibility index (Phi) is 6.93. The molecule has 2 unspecified atom stereocenters. The lowest BCUT2D eigenvalue weighted by Crippen LogP contribution is -2.33. The zero-order valence-corrected chi connectivity index (χ0v) is 18.2. The second kappa shape index (κ2) is 10.0. The minimum Gasteiger partial charge on any atom is -0.496 e. The largest absolute Gasteiger partial charge is 0.496 e. The molecule has 3 aromatic carbocycles. The average molecular weight is 421 g/mol. The summed E-state index contributed by atoms with van der Waals surface area (Å²) in [7, 11) is 1.74. The molecule has 2 atom stereocenters. The molecule has 0 saturated carbocycles. The molecule has 3 nitrogen and oxygen atoms in total. The summed E-state index contributed by atoms with van der Waals surface area (Å²) in [6.45, 7) is 3.92. The number of rotatable bonds is 8. The van der Waals surface area contributed by atoms with Gasteiger partial charge in [-0.2, -0.15) is 0 Å². The minimum absolute atomic E-state index is 0.579. The first-order valence-electron chi connectivity index (χ1n) is 10.6. The maximum Gasteiger partial charge on any atom is 0.123 e. The average Bonchev–Trinajstić information content (AvgIpc) is 3.21. The Hall–Kier alpha value is -2.49. The van der Waals surface area contributed by atoms with Crippen LogP contribution in [0.5, 0.6) is 5.75 Å². The highest BCUT2D eigenvalue weighted by Crippen LogP contribution is 2.29. The first-order chi connectivity index (χ1) is 14.7. The van der Waals surface area contributed by atoms with E-state index in [-0.39, 0.29) is 0 Å². The summed E-state index contributed by atoms with van der Waals surface area (Å²) in [5, 5.41) is 4.39. The van der Waals surface area contributed by atoms with Gasteiger partial charge in [0.2, 0.25) is 0 Å². The van der Waals surface area contributed by atoms with Crippen molar-refractivity contribution >= 4 is 17.3 Å². The second-order valence-corrected chi connectivity index (χ2v) is 8.47. The molecule has 1 aliphatic heterocycles. The maximum absolute atomic E-state index is 6.16. The summed E-state index contributed by atoms with van der Waals surface area (Å²) >= 11 is 6.16. The van der Waals surface area contributed by atoms with Crippen LogP contribution in [-0.2, 0) is 13.0 Å². The monoisotopic (exact) mass is 420 g/mol. The molecule has 1 fully saturated rings. The first kappa shape index (κ1) is 20.8.